The zero-order valence-electron chi connectivity index (χ0n) is 32.8. The van der Waals surface area contributed by atoms with E-state index in [4.69, 9.17) is 38.2 Å². The quantitative estimate of drug-likeness (QED) is 0.346. The van der Waals surface area contributed by atoms with Crippen LogP contribution < -0.4 is 0 Å². The number of aliphatic imine (C=N–C) groups is 1. The lowest BCUT2D eigenvalue weighted by Crippen LogP contribution is -2.59. The molecule has 4 aliphatic heterocycles. The predicted molar refractivity (Wildman–Crippen MR) is 186 cm³/mol. The van der Waals surface area contributed by atoms with Gasteiger partial charge in [0.1, 0.15) is 24.4 Å². The number of carbonyl (C=O) groups excluding carboxylic acids is 1. The number of ether oxygens (including phenoxy) is 7. The molecule has 4 aliphatic rings. The fourth-order valence-electron chi connectivity index (χ4n) is 8.61. The van der Waals surface area contributed by atoms with E-state index in [0.717, 1.165) is 0 Å². The van der Waals surface area contributed by atoms with E-state index in [1.807, 2.05) is 53.6 Å². The summed E-state index contributed by atoms with van der Waals surface area (Å²) in [4.78, 5) is 21.1. The molecule has 4 heterocycles. The molecule has 9 unspecified atom stereocenters. The Bertz CT molecular complexity index is 1200. The van der Waals surface area contributed by atoms with Crippen LogP contribution in [0.15, 0.2) is 4.99 Å². The maximum atomic E-state index is 14.1. The maximum Gasteiger partial charge on any atom is 0.311 e. The van der Waals surface area contributed by atoms with Gasteiger partial charge in [-0.25, -0.2) is 0 Å². The molecule has 0 saturated carbocycles. The first-order valence-electron chi connectivity index (χ1n) is 18.4. The lowest BCUT2D eigenvalue weighted by atomic mass is 9.72. The molecule has 0 aromatic heterocycles. The van der Waals surface area contributed by atoms with Crippen molar-refractivity contribution >= 4 is 11.9 Å². The van der Waals surface area contributed by atoms with E-state index in [-0.39, 0.29) is 24.6 Å². The lowest BCUT2D eigenvalue weighted by molar-refractivity contribution is -0.313. The molecule has 17 atom stereocenters. The molecule has 3 fully saturated rings. The largest absolute Gasteiger partial charge is 0.468 e. The van der Waals surface area contributed by atoms with Crippen molar-refractivity contribution in [2.45, 2.75) is 180 Å². The van der Waals surface area contributed by atoms with Crippen molar-refractivity contribution in [1.82, 2.24) is 4.90 Å². The highest BCUT2D eigenvalue weighted by Crippen LogP contribution is 2.44. The molecule has 4 rings (SSSR count). The molecule has 290 valence electrons. The average molecular weight is 715 g/mol. The molecular formula is C37H66N2O11. The minimum Gasteiger partial charge on any atom is -0.468 e. The Morgan fingerprint density at radius 2 is 1.52 bits per heavy atom. The smallest absolute Gasteiger partial charge is 0.311 e. The number of cyclic esters (lactones) is 1. The van der Waals surface area contributed by atoms with Crippen molar-refractivity contribution in [3.8, 4) is 0 Å². The van der Waals surface area contributed by atoms with Gasteiger partial charge in [0.05, 0.1) is 47.9 Å². The molecule has 13 nitrogen and oxygen atoms in total. The fraction of sp³-hybridized carbons (Fsp3) is 0.946. The van der Waals surface area contributed by atoms with Crippen molar-refractivity contribution in [2.24, 2.45) is 28.2 Å². The van der Waals surface area contributed by atoms with E-state index in [1.54, 1.807) is 34.8 Å². The summed E-state index contributed by atoms with van der Waals surface area (Å²) in [6.07, 6.45) is -6.23. The van der Waals surface area contributed by atoms with Gasteiger partial charge < -0.3 is 53.4 Å². The van der Waals surface area contributed by atoms with E-state index < -0.39 is 95.6 Å². The van der Waals surface area contributed by atoms with Gasteiger partial charge in [-0.15, -0.1) is 0 Å². The number of fused-ring (bicyclic) bond motifs is 2. The van der Waals surface area contributed by atoms with Crippen LogP contribution in [0.4, 0.5) is 0 Å². The molecular weight excluding hydrogens is 648 g/mol. The third kappa shape index (κ3) is 8.21. The fourth-order valence-corrected chi connectivity index (χ4v) is 8.61. The number of nitrogens with zero attached hydrogens (tertiary/aromatic N) is 2. The third-order valence-electron chi connectivity index (χ3n) is 12.0. The van der Waals surface area contributed by atoms with Gasteiger partial charge in [-0.1, -0.05) is 27.7 Å². The zero-order valence-corrected chi connectivity index (χ0v) is 32.8. The summed E-state index contributed by atoms with van der Waals surface area (Å²) >= 11 is 0. The highest BCUT2D eigenvalue weighted by atomic mass is 16.7. The number of rotatable bonds is 6. The number of likely N-dealkylation sites (N-methyl/N-ethyl adjacent to an activating group) is 1. The standard InChI is InChI=1S/C37H66N2O11/c1-18-16-35(8,9)31(49-34-27(40)25(39(12)13)15-19(2)45-34)20(3)28(48-26-17-36(10,44-14)30(42)23(6)46-26)21(4)33(43)47-24(7)37(11)29(41)22(5)32(38-18)50-37/h18-31,34,40-42H,15-17H2,1-14H3/t18-,19?,20+,21-,22?,23?,24-,25?,26?,27?,28+,29-,30?,31-,34?,36?,37-/m1/s1. The number of esters is 1. The van der Waals surface area contributed by atoms with Crippen molar-refractivity contribution in [2.75, 3.05) is 21.2 Å². The van der Waals surface area contributed by atoms with Crippen LogP contribution in [0.25, 0.3) is 0 Å². The highest BCUT2D eigenvalue weighted by Gasteiger charge is 2.56. The van der Waals surface area contributed by atoms with E-state index >= 15 is 0 Å². The van der Waals surface area contributed by atoms with E-state index in [0.29, 0.717) is 18.7 Å². The van der Waals surface area contributed by atoms with Gasteiger partial charge in [0, 0.05) is 25.5 Å². The molecule has 0 radical (unpaired) electrons. The highest BCUT2D eigenvalue weighted by molar-refractivity contribution is 5.82. The normalized spacial score (nSPS) is 49.1. The van der Waals surface area contributed by atoms with Gasteiger partial charge in [-0.3, -0.25) is 9.79 Å². The molecule has 0 amide bonds. The second-order valence-electron chi connectivity index (χ2n) is 16.9. The Morgan fingerprint density at radius 3 is 2.12 bits per heavy atom. The molecule has 0 aromatic rings. The molecule has 50 heavy (non-hydrogen) atoms. The van der Waals surface area contributed by atoms with Crippen LogP contribution in [0.3, 0.4) is 0 Å². The summed E-state index contributed by atoms with van der Waals surface area (Å²) < 4.78 is 44.3. The first-order valence-corrected chi connectivity index (χ1v) is 18.4. The van der Waals surface area contributed by atoms with Gasteiger partial charge >= 0.3 is 5.97 Å². The van der Waals surface area contributed by atoms with Crippen LogP contribution >= 0.6 is 0 Å². The molecule has 0 aromatic carbocycles. The monoisotopic (exact) mass is 714 g/mol. The average Bonchev–Trinajstić information content (AvgIpc) is 3.24. The molecule has 2 bridgehead atoms. The number of aliphatic hydroxyl groups is 3. The van der Waals surface area contributed by atoms with E-state index in [2.05, 4.69) is 13.8 Å². The second kappa shape index (κ2) is 15.5. The van der Waals surface area contributed by atoms with Crippen molar-refractivity contribution in [3.05, 3.63) is 0 Å². The number of carbonyl (C=O) groups is 1. The van der Waals surface area contributed by atoms with Crippen LogP contribution in [-0.4, -0.2) is 138 Å². The molecule has 3 N–H and O–H groups in total. The first-order chi connectivity index (χ1) is 23.1. The Balaban J connectivity index is 1.81. The van der Waals surface area contributed by atoms with Crippen LogP contribution in [0.1, 0.15) is 95.4 Å². The summed E-state index contributed by atoms with van der Waals surface area (Å²) in [5.41, 5.74) is -2.79. The van der Waals surface area contributed by atoms with E-state index in [1.165, 1.54) is 0 Å². The summed E-state index contributed by atoms with van der Waals surface area (Å²) in [6, 6.07) is -0.435. The number of hydrogen-bond acceptors (Lipinski definition) is 13. The Hall–Kier alpha value is -1.42. The summed E-state index contributed by atoms with van der Waals surface area (Å²) in [6.45, 7) is 20.8. The number of methoxy groups -OCH3 is 1. The first kappa shape index (κ1) is 41.3. The van der Waals surface area contributed by atoms with Crippen LogP contribution in [0.5, 0.6) is 0 Å². The van der Waals surface area contributed by atoms with Crippen molar-refractivity contribution < 1.29 is 53.3 Å². The van der Waals surface area contributed by atoms with Crippen LogP contribution in [0, 0.1) is 23.2 Å². The van der Waals surface area contributed by atoms with Crippen molar-refractivity contribution in [1.29, 1.82) is 0 Å². The second-order valence-corrected chi connectivity index (χ2v) is 16.9. The summed E-state index contributed by atoms with van der Waals surface area (Å²) in [5, 5.41) is 33.8. The molecule has 0 spiro atoms. The summed E-state index contributed by atoms with van der Waals surface area (Å²) in [7, 11) is 5.41. The Labute approximate surface area is 299 Å². The van der Waals surface area contributed by atoms with Crippen molar-refractivity contribution in [3.63, 3.8) is 0 Å². The maximum absolute atomic E-state index is 14.1. The molecule has 0 aliphatic carbocycles. The number of hydrogen-bond donors (Lipinski definition) is 3. The SMILES string of the molecule is COC1(C)CC(O[C@H]2[C@H](C)[C@@H](OC3OC(C)CC(N(C)C)C3O)C(C)(C)C[C@@H](C)N=C3O[C@@](C)([C@H](O)C3C)[C@@H](C)OC(=O)[C@@H]2C)OC(C)C1O. The zero-order chi connectivity index (χ0) is 37.7. The van der Waals surface area contributed by atoms with Gasteiger partial charge in [0.2, 0.25) is 0 Å². The topological polar surface area (TPSA) is 158 Å². The van der Waals surface area contributed by atoms with Gasteiger partial charge in [-0.05, 0) is 80.8 Å². The third-order valence-corrected chi connectivity index (χ3v) is 12.0. The molecule has 13 heteroatoms. The minimum atomic E-state index is -1.22. The van der Waals surface area contributed by atoms with Gasteiger partial charge in [0.15, 0.2) is 24.1 Å². The molecule has 3 saturated heterocycles. The minimum absolute atomic E-state index is 0.169. The van der Waals surface area contributed by atoms with Gasteiger partial charge in [-0.2, -0.15) is 0 Å². The van der Waals surface area contributed by atoms with Gasteiger partial charge in [0.25, 0.3) is 0 Å². The predicted octanol–water partition coefficient (Wildman–Crippen LogP) is 3.29. The summed E-state index contributed by atoms with van der Waals surface area (Å²) in [5.74, 6) is -1.86. The van der Waals surface area contributed by atoms with Crippen LogP contribution in [-0.2, 0) is 38.0 Å². The van der Waals surface area contributed by atoms with E-state index in [9.17, 15) is 20.1 Å². The lowest BCUT2D eigenvalue weighted by Gasteiger charge is -2.49. The number of aliphatic hydroxyl groups excluding tert-OH is 3. The Morgan fingerprint density at radius 1 is 0.880 bits per heavy atom. The van der Waals surface area contributed by atoms with Crippen LogP contribution in [0.2, 0.25) is 0 Å². The Kier molecular flexibility index (Phi) is 12.8.